The first kappa shape index (κ1) is 20.9. The molecule has 31 heavy (non-hydrogen) atoms. The summed E-state index contributed by atoms with van der Waals surface area (Å²) in [6, 6.07) is 18.5. The number of furan rings is 1. The van der Waals surface area contributed by atoms with E-state index in [1.807, 2.05) is 47.2 Å². The zero-order valence-corrected chi connectivity index (χ0v) is 18.7. The van der Waals surface area contributed by atoms with Crippen molar-refractivity contribution in [1.82, 2.24) is 9.99 Å². The molecule has 0 spiro atoms. The van der Waals surface area contributed by atoms with Crippen LogP contribution in [0, 0.1) is 3.57 Å². The molecular weight excluding hydrogens is 509 g/mol. The number of methoxy groups -OCH3 is 1. The summed E-state index contributed by atoms with van der Waals surface area (Å²) in [4.78, 5) is 23.9. The van der Waals surface area contributed by atoms with Crippen molar-refractivity contribution < 1.29 is 18.7 Å². The topological polar surface area (TPSA) is 85.8 Å². The number of amides is 1. The molecule has 4 aromatic rings. The lowest BCUT2D eigenvalue weighted by Crippen LogP contribution is -2.17. The summed E-state index contributed by atoms with van der Waals surface area (Å²) in [6.07, 6.45) is 3.54. The van der Waals surface area contributed by atoms with E-state index in [0.717, 1.165) is 20.0 Å². The number of esters is 1. The second kappa shape index (κ2) is 9.17. The molecule has 7 nitrogen and oxygen atoms in total. The third-order valence-corrected chi connectivity index (χ3v) is 5.32. The second-order valence-corrected chi connectivity index (χ2v) is 7.94. The van der Waals surface area contributed by atoms with Crippen LogP contribution in [0.1, 0.15) is 32.2 Å². The molecule has 156 valence electrons. The van der Waals surface area contributed by atoms with Gasteiger partial charge in [0.1, 0.15) is 5.76 Å². The van der Waals surface area contributed by atoms with Gasteiger partial charge in [-0.15, -0.1) is 0 Å². The van der Waals surface area contributed by atoms with Crippen LogP contribution in [0.25, 0.3) is 10.9 Å². The lowest BCUT2D eigenvalue weighted by atomic mass is 10.2. The number of hydrazone groups is 1. The monoisotopic (exact) mass is 527 g/mol. The fourth-order valence-electron chi connectivity index (χ4n) is 3.20. The van der Waals surface area contributed by atoms with Gasteiger partial charge in [0.25, 0.3) is 5.91 Å². The Morgan fingerprint density at radius 1 is 1.16 bits per heavy atom. The van der Waals surface area contributed by atoms with Crippen molar-refractivity contribution >= 4 is 51.6 Å². The number of para-hydroxylation sites is 1. The number of carbonyl (C=O) groups excluding carboxylic acids is 2. The summed E-state index contributed by atoms with van der Waals surface area (Å²) >= 11 is 2.16. The van der Waals surface area contributed by atoms with Crippen LogP contribution in [0.5, 0.6) is 0 Å². The molecule has 1 amide bonds. The van der Waals surface area contributed by atoms with Crippen molar-refractivity contribution in [2.75, 3.05) is 7.11 Å². The van der Waals surface area contributed by atoms with Crippen molar-refractivity contribution in [3.05, 3.63) is 93.1 Å². The van der Waals surface area contributed by atoms with Crippen LogP contribution >= 0.6 is 22.6 Å². The lowest BCUT2D eigenvalue weighted by Gasteiger charge is -2.02. The smallest absolute Gasteiger partial charge is 0.373 e. The highest BCUT2D eigenvalue weighted by molar-refractivity contribution is 14.1. The van der Waals surface area contributed by atoms with Crippen LogP contribution in [0.4, 0.5) is 0 Å². The van der Waals surface area contributed by atoms with E-state index in [4.69, 9.17) is 4.42 Å². The van der Waals surface area contributed by atoms with E-state index in [2.05, 4.69) is 37.9 Å². The highest BCUT2D eigenvalue weighted by atomic mass is 127. The van der Waals surface area contributed by atoms with Gasteiger partial charge in [-0.1, -0.05) is 24.3 Å². The van der Waals surface area contributed by atoms with Crippen molar-refractivity contribution in [2.24, 2.45) is 5.10 Å². The summed E-state index contributed by atoms with van der Waals surface area (Å²) in [7, 11) is 1.31. The molecule has 0 bridgehead atoms. The first-order chi connectivity index (χ1) is 15.0. The van der Waals surface area contributed by atoms with Gasteiger partial charge in [0.15, 0.2) is 0 Å². The standard InChI is InChI=1S/C23H18IN3O4/c1-30-23(29)21-10-9-18(31-21)14-27-13-16(19-7-2-3-8-20(19)27)12-25-26-22(28)15-5-4-6-17(24)11-15/h2-13H,14H2,1H3,(H,26,28)/b25-12-. The van der Waals surface area contributed by atoms with Crippen LogP contribution in [-0.2, 0) is 11.3 Å². The maximum atomic E-state index is 12.3. The SMILES string of the molecule is COC(=O)c1ccc(Cn2cc(/C=N\NC(=O)c3cccc(I)c3)c3ccccc32)o1. The minimum atomic E-state index is -0.514. The lowest BCUT2D eigenvalue weighted by molar-refractivity contribution is 0.0562. The molecule has 2 aromatic carbocycles. The average Bonchev–Trinajstić information content (AvgIpc) is 3.39. The number of nitrogens with one attached hydrogen (secondary N) is 1. The van der Waals surface area contributed by atoms with Gasteiger partial charge in [0.2, 0.25) is 5.76 Å². The largest absolute Gasteiger partial charge is 0.463 e. The van der Waals surface area contributed by atoms with E-state index in [1.54, 1.807) is 30.5 Å². The van der Waals surface area contributed by atoms with E-state index in [0.29, 0.717) is 17.9 Å². The summed E-state index contributed by atoms with van der Waals surface area (Å²) in [5, 5.41) is 5.11. The maximum Gasteiger partial charge on any atom is 0.373 e. The van der Waals surface area contributed by atoms with Crippen LogP contribution < -0.4 is 5.43 Å². The van der Waals surface area contributed by atoms with Gasteiger partial charge in [-0.25, -0.2) is 10.2 Å². The third-order valence-electron chi connectivity index (χ3n) is 4.65. The van der Waals surface area contributed by atoms with E-state index in [1.165, 1.54) is 7.11 Å². The van der Waals surface area contributed by atoms with E-state index < -0.39 is 5.97 Å². The summed E-state index contributed by atoms with van der Waals surface area (Å²) in [6.45, 7) is 0.431. The predicted octanol–water partition coefficient (Wildman–Crippen LogP) is 4.44. The van der Waals surface area contributed by atoms with Crippen molar-refractivity contribution in [3.63, 3.8) is 0 Å². The summed E-state index contributed by atoms with van der Waals surface area (Å²) in [5.74, 6) is -0.00429. The number of hydrogen-bond acceptors (Lipinski definition) is 5. The van der Waals surface area contributed by atoms with Crippen LogP contribution in [0.15, 0.2) is 76.4 Å². The van der Waals surface area contributed by atoms with Gasteiger partial charge < -0.3 is 13.7 Å². The van der Waals surface area contributed by atoms with Gasteiger partial charge >= 0.3 is 5.97 Å². The number of aromatic nitrogens is 1. The molecule has 0 saturated carbocycles. The molecule has 8 heteroatoms. The highest BCUT2D eigenvalue weighted by Crippen LogP contribution is 2.22. The number of nitrogens with zero attached hydrogens (tertiary/aromatic N) is 2. The Morgan fingerprint density at radius 3 is 2.81 bits per heavy atom. The van der Waals surface area contributed by atoms with Gasteiger partial charge in [-0.05, 0) is 59.0 Å². The number of rotatable bonds is 6. The molecule has 2 heterocycles. The molecule has 4 rings (SSSR count). The molecule has 0 unspecified atom stereocenters. The Kier molecular flexibility index (Phi) is 6.17. The molecule has 0 aliphatic heterocycles. The van der Waals surface area contributed by atoms with Gasteiger partial charge in [0, 0.05) is 31.8 Å². The first-order valence-corrected chi connectivity index (χ1v) is 10.5. The number of ether oxygens (including phenoxy) is 1. The van der Waals surface area contributed by atoms with Crippen molar-refractivity contribution in [3.8, 4) is 0 Å². The zero-order chi connectivity index (χ0) is 21.8. The van der Waals surface area contributed by atoms with Crippen molar-refractivity contribution in [2.45, 2.75) is 6.54 Å². The van der Waals surface area contributed by atoms with Gasteiger partial charge in [-0.3, -0.25) is 4.79 Å². The summed E-state index contributed by atoms with van der Waals surface area (Å²) in [5.41, 5.74) is 4.94. The minimum absolute atomic E-state index is 0.161. The Balaban J connectivity index is 1.55. The normalized spacial score (nSPS) is 11.2. The molecule has 0 aliphatic carbocycles. The average molecular weight is 527 g/mol. The summed E-state index contributed by atoms with van der Waals surface area (Å²) < 4.78 is 13.2. The molecular formula is C23H18IN3O4. The second-order valence-electron chi connectivity index (χ2n) is 6.70. The number of benzene rings is 2. The molecule has 0 radical (unpaired) electrons. The Labute approximate surface area is 191 Å². The van der Waals surface area contributed by atoms with Gasteiger partial charge in [0.05, 0.1) is 19.9 Å². The van der Waals surface area contributed by atoms with E-state index in [9.17, 15) is 9.59 Å². The Bertz CT molecular complexity index is 1290. The van der Waals surface area contributed by atoms with E-state index >= 15 is 0 Å². The first-order valence-electron chi connectivity index (χ1n) is 9.39. The Hall–Kier alpha value is -3.40. The number of halogens is 1. The fourth-order valence-corrected chi connectivity index (χ4v) is 3.75. The minimum Gasteiger partial charge on any atom is -0.463 e. The van der Waals surface area contributed by atoms with Gasteiger partial charge in [-0.2, -0.15) is 5.10 Å². The van der Waals surface area contributed by atoms with Crippen LogP contribution in [0.3, 0.4) is 0 Å². The van der Waals surface area contributed by atoms with Crippen LogP contribution in [0.2, 0.25) is 0 Å². The van der Waals surface area contributed by atoms with Crippen molar-refractivity contribution in [1.29, 1.82) is 0 Å². The Morgan fingerprint density at radius 2 is 2.00 bits per heavy atom. The molecule has 0 aliphatic rings. The molecule has 2 aromatic heterocycles. The molecule has 0 saturated heterocycles. The number of fused-ring (bicyclic) bond motifs is 1. The van der Waals surface area contributed by atoms with Crippen LogP contribution in [-0.4, -0.2) is 29.8 Å². The third kappa shape index (κ3) is 4.69. The maximum absolute atomic E-state index is 12.3. The molecule has 0 fully saturated rings. The number of carbonyl (C=O) groups is 2. The van der Waals surface area contributed by atoms with E-state index in [-0.39, 0.29) is 11.7 Å². The fraction of sp³-hybridized carbons (Fsp3) is 0.0870. The zero-order valence-electron chi connectivity index (χ0n) is 16.5. The molecule has 0 atom stereocenters. The molecule has 1 N–H and O–H groups in total. The predicted molar refractivity (Wildman–Crippen MR) is 125 cm³/mol. The number of hydrogen-bond donors (Lipinski definition) is 1. The quantitative estimate of drug-likeness (QED) is 0.174. The highest BCUT2D eigenvalue weighted by Gasteiger charge is 2.13.